The lowest BCUT2D eigenvalue weighted by atomic mass is 10.6. The van der Waals surface area contributed by atoms with E-state index in [1.807, 2.05) is 6.29 Å². The van der Waals surface area contributed by atoms with Gasteiger partial charge in [-0.15, -0.1) is 23.5 Å². The summed E-state index contributed by atoms with van der Waals surface area (Å²) in [5.41, 5.74) is 0. The van der Waals surface area contributed by atoms with Crippen LogP contribution in [0.4, 0.5) is 0 Å². The van der Waals surface area contributed by atoms with E-state index in [4.69, 9.17) is 0 Å². The Morgan fingerprint density at radius 3 is 2.38 bits per heavy atom. The van der Waals surface area contributed by atoms with Crippen LogP contribution < -0.4 is 0 Å². The molecule has 0 unspecified atom stereocenters. The lowest BCUT2D eigenvalue weighted by molar-refractivity contribution is 0.559. The normalized spacial score (nSPS) is 23.0. The first-order valence-electron chi connectivity index (χ1n) is 2.54. The van der Waals surface area contributed by atoms with Gasteiger partial charge in [-0.2, -0.15) is 0 Å². The van der Waals surface area contributed by atoms with Crippen LogP contribution in [-0.2, 0) is 4.79 Å². The van der Waals surface area contributed by atoms with Crippen LogP contribution in [0.2, 0.25) is 0 Å². The minimum atomic E-state index is 0.115. The summed E-state index contributed by atoms with van der Waals surface area (Å²) < 4.78 is 0.115. The Morgan fingerprint density at radius 1 is 1.38 bits per heavy atom. The summed E-state index contributed by atoms with van der Waals surface area (Å²) in [7, 11) is 0. The Hall–Kier alpha value is 0.370. The van der Waals surface area contributed by atoms with E-state index in [1.165, 1.54) is 6.42 Å². The first-order valence-corrected chi connectivity index (χ1v) is 4.64. The van der Waals surface area contributed by atoms with Gasteiger partial charge in [0, 0.05) is 0 Å². The third-order valence-electron chi connectivity index (χ3n) is 0.923. The van der Waals surface area contributed by atoms with E-state index in [0.717, 1.165) is 11.5 Å². The van der Waals surface area contributed by atoms with Gasteiger partial charge in [-0.1, -0.05) is 0 Å². The molecule has 0 amide bonds. The Bertz CT molecular complexity index is 78.5. The van der Waals surface area contributed by atoms with E-state index in [2.05, 4.69) is 0 Å². The highest BCUT2D eigenvalue weighted by molar-refractivity contribution is 8.18. The molecule has 0 aromatic heterocycles. The van der Waals surface area contributed by atoms with Crippen molar-refractivity contribution >= 4 is 29.8 Å². The molecule has 0 aromatic rings. The SMILES string of the molecule is O=[C]C1SCCCS1. The molecule has 8 heavy (non-hydrogen) atoms. The van der Waals surface area contributed by atoms with Crippen molar-refractivity contribution in [3.05, 3.63) is 0 Å². The number of hydrogen-bond donors (Lipinski definition) is 0. The maximum Gasteiger partial charge on any atom is 0.223 e. The molecule has 1 rings (SSSR count). The number of rotatable bonds is 1. The fourth-order valence-corrected chi connectivity index (χ4v) is 2.89. The molecule has 0 bridgehead atoms. The molecule has 1 fully saturated rings. The van der Waals surface area contributed by atoms with Crippen molar-refractivity contribution in [1.29, 1.82) is 0 Å². The molecule has 0 aliphatic carbocycles. The van der Waals surface area contributed by atoms with Crippen molar-refractivity contribution in [2.24, 2.45) is 0 Å². The summed E-state index contributed by atoms with van der Waals surface area (Å²) in [5.74, 6) is 2.26. The second-order valence-corrected chi connectivity index (χ2v) is 4.27. The average Bonchev–Trinajstić information content (AvgIpc) is 1.90. The van der Waals surface area contributed by atoms with Gasteiger partial charge in [-0.25, -0.2) is 0 Å². The van der Waals surface area contributed by atoms with Crippen molar-refractivity contribution in [3.8, 4) is 0 Å². The molecule has 1 aliphatic rings. The zero-order valence-electron chi connectivity index (χ0n) is 4.42. The zero-order chi connectivity index (χ0) is 5.82. The van der Waals surface area contributed by atoms with E-state index >= 15 is 0 Å². The van der Waals surface area contributed by atoms with Crippen LogP contribution in [0.3, 0.4) is 0 Å². The third kappa shape index (κ3) is 1.71. The fourth-order valence-electron chi connectivity index (χ4n) is 0.556. The molecule has 1 saturated heterocycles. The van der Waals surface area contributed by atoms with Crippen LogP contribution in [0.5, 0.6) is 0 Å². The van der Waals surface area contributed by atoms with Crippen LogP contribution >= 0.6 is 23.5 Å². The predicted molar refractivity (Wildman–Crippen MR) is 39.0 cm³/mol. The molecule has 0 spiro atoms. The minimum absolute atomic E-state index is 0.115. The van der Waals surface area contributed by atoms with Crippen molar-refractivity contribution in [2.45, 2.75) is 11.0 Å². The first kappa shape index (κ1) is 6.49. The van der Waals surface area contributed by atoms with Crippen LogP contribution in [-0.4, -0.2) is 22.4 Å². The molecule has 0 aromatic carbocycles. The summed E-state index contributed by atoms with van der Waals surface area (Å²) in [4.78, 5) is 9.99. The molecule has 45 valence electrons. The predicted octanol–water partition coefficient (Wildman–Crippen LogP) is 1.29. The number of thioether (sulfide) groups is 2. The van der Waals surface area contributed by atoms with Crippen molar-refractivity contribution in [1.82, 2.24) is 0 Å². The van der Waals surface area contributed by atoms with Crippen LogP contribution in [0.25, 0.3) is 0 Å². The van der Waals surface area contributed by atoms with Gasteiger partial charge in [0.2, 0.25) is 6.29 Å². The summed E-state index contributed by atoms with van der Waals surface area (Å²) >= 11 is 3.41. The highest BCUT2D eigenvalue weighted by Crippen LogP contribution is 2.28. The Morgan fingerprint density at radius 2 is 2.00 bits per heavy atom. The maximum absolute atomic E-state index is 9.99. The minimum Gasteiger partial charge on any atom is -0.289 e. The molecular formula is C5H7OS2. The summed E-state index contributed by atoms with van der Waals surface area (Å²) in [6, 6.07) is 0. The Labute approximate surface area is 57.6 Å². The van der Waals surface area contributed by atoms with Crippen LogP contribution in [0.1, 0.15) is 6.42 Å². The molecule has 0 saturated carbocycles. The summed E-state index contributed by atoms with van der Waals surface area (Å²) in [6.07, 6.45) is 3.22. The van der Waals surface area contributed by atoms with Gasteiger partial charge in [-0.05, 0) is 17.9 Å². The maximum atomic E-state index is 9.99. The Balaban J connectivity index is 2.22. The molecule has 1 radical (unpaired) electrons. The monoisotopic (exact) mass is 147 g/mol. The van der Waals surface area contributed by atoms with Gasteiger partial charge in [0.25, 0.3) is 0 Å². The lowest BCUT2D eigenvalue weighted by Gasteiger charge is -2.13. The van der Waals surface area contributed by atoms with E-state index in [-0.39, 0.29) is 4.58 Å². The first-order chi connectivity index (χ1) is 3.93. The fraction of sp³-hybridized carbons (Fsp3) is 0.800. The molecule has 1 heterocycles. The van der Waals surface area contributed by atoms with Gasteiger partial charge in [0.1, 0.15) is 4.58 Å². The van der Waals surface area contributed by atoms with Gasteiger partial charge >= 0.3 is 0 Å². The number of hydrogen-bond acceptors (Lipinski definition) is 3. The second kappa shape index (κ2) is 3.41. The topological polar surface area (TPSA) is 17.1 Å². The van der Waals surface area contributed by atoms with Crippen LogP contribution in [0, 0.1) is 0 Å². The lowest BCUT2D eigenvalue weighted by Crippen LogP contribution is -2.06. The van der Waals surface area contributed by atoms with Crippen LogP contribution in [0.15, 0.2) is 0 Å². The summed E-state index contributed by atoms with van der Waals surface area (Å²) in [6.45, 7) is 0. The standard InChI is InChI=1S/C5H7OS2/c6-4-5-7-2-1-3-8-5/h5H,1-3H2. The van der Waals surface area contributed by atoms with E-state index < -0.39 is 0 Å². The highest BCUT2D eigenvalue weighted by atomic mass is 32.2. The quantitative estimate of drug-likeness (QED) is 0.556. The van der Waals surface area contributed by atoms with Gasteiger partial charge in [0.15, 0.2) is 0 Å². The highest BCUT2D eigenvalue weighted by Gasteiger charge is 2.12. The number of carbonyl (C=O) groups excluding carboxylic acids is 1. The molecule has 3 heteroatoms. The average molecular weight is 147 g/mol. The molecule has 1 nitrogen and oxygen atoms in total. The van der Waals surface area contributed by atoms with E-state index in [9.17, 15) is 4.79 Å². The Kier molecular flexibility index (Phi) is 2.76. The smallest absolute Gasteiger partial charge is 0.223 e. The molecule has 1 aliphatic heterocycles. The van der Waals surface area contributed by atoms with Gasteiger partial charge in [-0.3, -0.25) is 4.79 Å². The van der Waals surface area contributed by atoms with E-state index in [1.54, 1.807) is 23.5 Å². The van der Waals surface area contributed by atoms with Crippen molar-refractivity contribution < 1.29 is 4.79 Å². The van der Waals surface area contributed by atoms with E-state index in [0.29, 0.717) is 0 Å². The third-order valence-corrected chi connectivity index (χ3v) is 3.59. The van der Waals surface area contributed by atoms with Gasteiger partial charge < -0.3 is 0 Å². The molecule has 0 atom stereocenters. The van der Waals surface area contributed by atoms with Gasteiger partial charge in [0.05, 0.1) is 0 Å². The zero-order valence-corrected chi connectivity index (χ0v) is 6.06. The van der Waals surface area contributed by atoms with Crippen molar-refractivity contribution in [3.63, 3.8) is 0 Å². The molecule has 0 N–H and O–H groups in total. The second-order valence-electron chi connectivity index (χ2n) is 1.54. The molecular weight excluding hydrogens is 140 g/mol. The largest absolute Gasteiger partial charge is 0.289 e. The van der Waals surface area contributed by atoms with Crippen molar-refractivity contribution in [2.75, 3.05) is 11.5 Å². The summed E-state index contributed by atoms with van der Waals surface area (Å²) in [5, 5.41) is 0.